The van der Waals surface area contributed by atoms with Crippen molar-refractivity contribution >= 4 is 5.91 Å². The number of rotatable bonds is 5. The minimum atomic E-state index is 0.199. The van der Waals surface area contributed by atoms with Crippen molar-refractivity contribution in [2.45, 2.75) is 12.8 Å². The molecule has 1 aromatic rings. The van der Waals surface area contributed by atoms with Crippen molar-refractivity contribution in [3.05, 3.63) is 30.3 Å². The van der Waals surface area contributed by atoms with Crippen LogP contribution >= 0.6 is 0 Å². The summed E-state index contributed by atoms with van der Waals surface area (Å²) >= 11 is 0. The molecule has 0 spiro atoms. The molecule has 1 heterocycles. The van der Waals surface area contributed by atoms with Gasteiger partial charge in [0.15, 0.2) is 0 Å². The molecule has 5 heteroatoms. The van der Waals surface area contributed by atoms with Gasteiger partial charge in [0.2, 0.25) is 5.91 Å². The van der Waals surface area contributed by atoms with Crippen molar-refractivity contribution in [2.75, 3.05) is 32.8 Å². The lowest BCUT2D eigenvalue weighted by molar-refractivity contribution is -0.133. The highest BCUT2D eigenvalue weighted by molar-refractivity contribution is 5.76. The van der Waals surface area contributed by atoms with Crippen molar-refractivity contribution in [2.24, 2.45) is 5.84 Å². The van der Waals surface area contributed by atoms with Gasteiger partial charge in [-0.3, -0.25) is 10.6 Å². The molecule has 19 heavy (non-hydrogen) atoms. The smallest absolute Gasteiger partial charge is 0.222 e. The number of hydrogen-bond donors (Lipinski definition) is 1. The van der Waals surface area contributed by atoms with Crippen molar-refractivity contribution in [1.29, 1.82) is 0 Å². The van der Waals surface area contributed by atoms with Gasteiger partial charge >= 0.3 is 0 Å². The zero-order valence-corrected chi connectivity index (χ0v) is 11.1. The fourth-order valence-electron chi connectivity index (χ4n) is 2.06. The molecule has 1 saturated heterocycles. The number of hydrogen-bond acceptors (Lipinski definition) is 4. The molecular weight excluding hydrogens is 242 g/mol. The Morgan fingerprint density at radius 1 is 1.16 bits per heavy atom. The van der Waals surface area contributed by atoms with Gasteiger partial charge < -0.3 is 9.64 Å². The first-order valence-electron chi connectivity index (χ1n) is 6.71. The van der Waals surface area contributed by atoms with Crippen LogP contribution in [0.1, 0.15) is 12.8 Å². The van der Waals surface area contributed by atoms with Gasteiger partial charge in [0.1, 0.15) is 5.75 Å². The molecule has 1 aromatic carbocycles. The number of piperazine rings is 1. The number of nitrogens with two attached hydrogens (primary N) is 1. The molecule has 1 amide bonds. The van der Waals surface area contributed by atoms with Crippen LogP contribution in [0.5, 0.6) is 5.75 Å². The predicted molar refractivity (Wildman–Crippen MR) is 73.5 cm³/mol. The lowest BCUT2D eigenvalue weighted by Gasteiger charge is -2.32. The molecule has 2 rings (SSSR count). The average molecular weight is 263 g/mol. The molecule has 1 fully saturated rings. The summed E-state index contributed by atoms with van der Waals surface area (Å²) in [6.07, 6.45) is 1.29. The first kappa shape index (κ1) is 13.8. The molecule has 0 aliphatic carbocycles. The maximum Gasteiger partial charge on any atom is 0.222 e. The van der Waals surface area contributed by atoms with Gasteiger partial charge in [-0.05, 0) is 18.6 Å². The van der Waals surface area contributed by atoms with Gasteiger partial charge in [-0.2, -0.15) is 0 Å². The summed E-state index contributed by atoms with van der Waals surface area (Å²) in [5.41, 5.74) is 0. The van der Waals surface area contributed by atoms with E-state index in [4.69, 9.17) is 10.6 Å². The van der Waals surface area contributed by atoms with Crippen LogP contribution in [0.2, 0.25) is 0 Å². The summed E-state index contributed by atoms with van der Waals surface area (Å²) < 4.78 is 5.56. The van der Waals surface area contributed by atoms with Crippen molar-refractivity contribution in [3.63, 3.8) is 0 Å². The van der Waals surface area contributed by atoms with E-state index in [0.29, 0.717) is 13.0 Å². The molecule has 0 saturated carbocycles. The number of benzene rings is 1. The Bertz CT molecular complexity index is 389. The molecule has 1 aliphatic rings. The largest absolute Gasteiger partial charge is 0.494 e. The van der Waals surface area contributed by atoms with Crippen LogP contribution in [0, 0.1) is 0 Å². The number of para-hydroxylation sites is 1. The fourth-order valence-corrected chi connectivity index (χ4v) is 2.06. The normalized spacial score (nSPS) is 16.4. The van der Waals surface area contributed by atoms with Crippen LogP contribution in [-0.2, 0) is 4.79 Å². The molecule has 0 bridgehead atoms. The van der Waals surface area contributed by atoms with E-state index < -0.39 is 0 Å². The van der Waals surface area contributed by atoms with E-state index in [-0.39, 0.29) is 5.91 Å². The van der Waals surface area contributed by atoms with E-state index in [2.05, 4.69) is 0 Å². The molecule has 0 unspecified atom stereocenters. The van der Waals surface area contributed by atoms with Crippen LogP contribution in [0.3, 0.4) is 0 Å². The maximum absolute atomic E-state index is 11.9. The van der Waals surface area contributed by atoms with E-state index in [9.17, 15) is 4.79 Å². The maximum atomic E-state index is 11.9. The van der Waals surface area contributed by atoms with Crippen LogP contribution in [0.25, 0.3) is 0 Å². The molecule has 104 valence electrons. The number of nitrogens with zero attached hydrogens (tertiary/aromatic N) is 2. The number of ether oxygens (including phenoxy) is 1. The number of hydrazine groups is 1. The second kappa shape index (κ2) is 7.11. The van der Waals surface area contributed by atoms with Crippen LogP contribution in [-0.4, -0.2) is 48.6 Å². The monoisotopic (exact) mass is 263 g/mol. The molecular formula is C14H21N3O2. The lowest BCUT2D eigenvalue weighted by Crippen LogP contribution is -2.51. The summed E-state index contributed by atoms with van der Waals surface area (Å²) in [4.78, 5) is 13.8. The molecule has 2 N–H and O–H groups in total. The summed E-state index contributed by atoms with van der Waals surface area (Å²) in [5.74, 6) is 6.71. The quantitative estimate of drug-likeness (QED) is 0.632. The molecule has 0 aromatic heterocycles. The number of amides is 1. The van der Waals surface area contributed by atoms with Gasteiger partial charge in [-0.15, -0.1) is 0 Å². The predicted octanol–water partition coefficient (Wildman–Crippen LogP) is 0.863. The fraction of sp³-hybridized carbons (Fsp3) is 0.500. The summed E-state index contributed by atoms with van der Waals surface area (Å²) in [5, 5.41) is 1.75. The van der Waals surface area contributed by atoms with Crippen LogP contribution in [0.15, 0.2) is 30.3 Å². The highest BCUT2D eigenvalue weighted by atomic mass is 16.5. The Balaban J connectivity index is 1.61. The highest BCUT2D eigenvalue weighted by Crippen LogP contribution is 2.09. The Labute approximate surface area is 113 Å². The van der Waals surface area contributed by atoms with Crippen molar-refractivity contribution < 1.29 is 9.53 Å². The lowest BCUT2D eigenvalue weighted by atomic mass is 10.2. The van der Waals surface area contributed by atoms with Gasteiger partial charge in [-0.1, -0.05) is 18.2 Å². The zero-order chi connectivity index (χ0) is 13.5. The standard InChI is InChI=1S/C14H21N3O2/c15-17-10-8-16(9-11-17)14(18)7-4-12-19-13-5-2-1-3-6-13/h1-3,5-6H,4,7-12,15H2. The van der Waals surface area contributed by atoms with Crippen molar-refractivity contribution in [3.8, 4) is 5.75 Å². The first-order valence-corrected chi connectivity index (χ1v) is 6.71. The van der Waals surface area contributed by atoms with Gasteiger partial charge in [-0.25, -0.2) is 5.01 Å². The van der Waals surface area contributed by atoms with E-state index in [1.54, 1.807) is 5.01 Å². The van der Waals surface area contributed by atoms with Gasteiger partial charge in [0, 0.05) is 32.6 Å². The zero-order valence-electron chi connectivity index (χ0n) is 11.1. The third kappa shape index (κ3) is 4.54. The number of carbonyl (C=O) groups is 1. The average Bonchev–Trinajstić information content (AvgIpc) is 2.45. The highest BCUT2D eigenvalue weighted by Gasteiger charge is 2.18. The minimum Gasteiger partial charge on any atom is -0.494 e. The van der Waals surface area contributed by atoms with E-state index >= 15 is 0 Å². The third-order valence-electron chi connectivity index (χ3n) is 3.21. The SMILES string of the molecule is NN1CCN(C(=O)CCCOc2ccccc2)CC1. The Morgan fingerprint density at radius 3 is 2.53 bits per heavy atom. The van der Waals surface area contributed by atoms with E-state index in [0.717, 1.165) is 38.3 Å². The first-order chi connectivity index (χ1) is 9.25. The summed E-state index contributed by atoms with van der Waals surface area (Å²) in [6.45, 7) is 3.55. The number of carbonyl (C=O) groups excluding carboxylic acids is 1. The summed E-state index contributed by atoms with van der Waals surface area (Å²) in [7, 11) is 0. The molecule has 1 aliphatic heterocycles. The molecule has 5 nitrogen and oxygen atoms in total. The van der Waals surface area contributed by atoms with Crippen LogP contribution in [0.4, 0.5) is 0 Å². The second-order valence-corrected chi connectivity index (χ2v) is 4.68. The summed E-state index contributed by atoms with van der Waals surface area (Å²) in [6, 6.07) is 9.66. The minimum absolute atomic E-state index is 0.199. The topological polar surface area (TPSA) is 58.8 Å². The Hall–Kier alpha value is -1.59. The Morgan fingerprint density at radius 2 is 1.84 bits per heavy atom. The Kier molecular flexibility index (Phi) is 5.18. The van der Waals surface area contributed by atoms with Gasteiger partial charge in [0.25, 0.3) is 0 Å². The molecule has 0 atom stereocenters. The van der Waals surface area contributed by atoms with Crippen molar-refractivity contribution in [1.82, 2.24) is 9.91 Å². The third-order valence-corrected chi connectivity index (χ3v) is 3.21. The van der Waals surface area contributed by atoms with Gasteiger partial charge in [0.05, 0.1) is 6.61 Å². The van der Waals surface area contributed by atoms with E-state index in [1.807, 2.05) is 35.2 Å². The van der Waals surface area contributed by atoms with Crippen LogP contribution < -0.4 is 10.6 Å². The molecule has 0 radical (unpaired) electrons. The second-order valence-electron chi connectivity index (χ2n) is 4.68. The van der Waals surface area contributed by atoms with E-state index in [1.165, 1.54) is 0 Å².